The first-order valence-electron chi connectivity index (χ1n) is 6.64. The highest BCUT2D eigenvalue weighted by molar-refractivity contribution is 6.30. The molecule has 0 spiro atoms. The minimum atomic E-state index is 0.0594. The molecule has 0 aliphatic carbocycles. The summed E-state index contributed by atoms with van der Waals surface area (Å²) in [5.41, 5.74) is 3.56. The number of fused-ring (bicyclic) bond motifs is 1. The van der Waals surface area contributed by atoms with Gasteiger partial charge in [-0.2, -0.15) is 5.26 Å². The smallest absolute Gasteiger partial charge is 0.149 e. The van der Waals surface area contributed by atoms with E-state index in [0.717, 1.165) is 16.6 Å². The number of rotatable bonds is 2. The lowest BCUT2D eigenvalue weighted by Gasteiger charge is -2.00. The van der Waals surface area contributed by atoms with Crippen molar-refractivity contribution in [1.82, 2.24) is 9.97 Å². The van der Waals surface area contributed by atoms with Gasteiger partial charge >= 0.3 is 0 Å². The predicted molar refractivity (Wildman–Crippen MR) is 87.4 cm³/mol. The second-order valence-electron chi connectivity index (χ2n) is 4.98. The number of phenolic OH excluding ortho intramolecular Hbond substituents is 1. The van der Waals surface area contributed by atoms with E-state index in [1.807, 2.05) is 25.1 Å². The highest BCUT2D eigenvalue weighted by Crippen LogP contribution is 2.26. The molecule has 0 amide bonds. The number of hydrogen-bond acceptors (Lipinski definition) is 3. The first kappa shape index (κ1) is 14.2. The van der Waals surface area contributed by atoms with E-state index in [-0.39, 0.29) is 5.75 Å². The van der Waals surface area contributed by atoms with E-state index in [9.17, 15) is 10.4 Å². The SMILES string of the molecule is Cc1ccc2nc(/C(C#N)=C\c3cc(Cl)ccc3O)[nH]c2c1. The van der Waals surface area contributed by atoms with E-state index in [1.54, 1.807) is 18.2 Å². The zero-order valence-corrected chi connectivity index (χ0v) is 12.5. The van der Waals surface area contributed by atoms with Crippen LogP contribution in [-0.2, 0) is 0 Å². The van der Waals surface area contributed by atoms with Gasteiger partial charge < -0.3 is 10.1 Å². The number of imidazole rings is 1. The van der Waals surface area contributed by atoms with Crippen molar-refractivity contribution in [2.24, 2.45) is 0 Å². The van der Waals surface area contributed by atoms with E-state index in [0.29, 0.717) is 22.0 Å². The number of benzene rings is 2. The Balaban J connectivity index is 2.11. The summed E-state index contributed by atoms with van der Waals surface area (Å²) in [6.45, 7) is 1.99. The molecule has 0 unspecified atom stereocenters. The van der Waals surface area contributed by atoms with Gasteiger partial charge in [0.15, 0.2) is 0 Å². The molecule has 4 nitrogen and oxygen atoms in total. The lowest BCUT2D eigenvalue weighted by molar-refractivity contribution is 0.474. The number of nitriles is 1. The van der Waals surface area contributed by atoms with E-state index in [2.05, 4.69) is 16.0 Å². The molecule has 22 heavy (non-hydrogen) atoms. The van der Waals surface area contributed by atoms with Gasteiger partial charge in [-0.25, -0.2) is 4.98 Å². The lowest BCUT2D eigenvalue weighted by Crippen LogP contribution is -1.85. The molecule has 108 valence electrons. The van der Waals surface area contributed by atoms with Crippen molar-refractivity contribution in [3.8, 4) is 11.8 Å². The summed E-state index contributed by atoms with van der Waals surface area (Å²) >= 11 is 5.92. The number of aromatic amines is 1. The van der Waals surface area contributed by atoms with Gasteiger partial charge in [-0.1, -0.05) is 17.7 Å². The quantitative estimate of drug-likeness (QED) is 0.693. The van der Waals surface area contributed by atoms with Crippen LogP contribution in [0, 0.1) is 18.3 Å². The van der Waals surface area contributed by atoms with Crippen LogP contribution < -0.4 is 0 Å². The highest BCUT2D eigenvalue weighted by atomic mass is 35.5. The van der Waals surface area contributed by atoms with Gasteiger partial charge in [0.25, 0.3) is 0 Å². The van der Waals surface area contributed by atoms with Gasteiger partial charge in [-0.3, -0.25) is 0 Å². The molecule has 3 aromatic rings. The number of H-pyrrole nitrogens is 1. The monoisotopic (exact) mass is 309 g/mol. The standard InChI is InChI=1S/C17H12ClN3O/c1-10-2-4-14-15(6-10)21-17(20-14)12(9-19)7-11-8-13(18)3-5-16(11)22/h2-8,22H,1H3,(H,20,21)/b12-7-. The van der Waals surface area contributed by atoms with Crippen molar-refractivity contribution in [1.29, 1.82) is 5.26 Å². The van der Waals surface area contributed by atoms with E-state index in [4.69, 9.17) is 11.6 Å². The topological polar surface area (TPSA) is 72.7 Å². The van der Waals surface area contributed by atoms with E-state index in [1.165, 1.54) is 6.07 Å². The summed E-state index contributed by atoms with van der Waals surface area (Å²) in [6, 6.07) is 12.6. The number of hydrogen-bond donors (Lipinski definition) is 2. The van der Waals surface area contributed by atoms with Gasteiger partial charge in [0.05, 0.1) is 16.6 Å². The van der Waals surface area contributed by atoms with Gasteiger partial charge in [-0.15, -0.1) is 0 Å². The number of phenols is 1. The molecular weight excluding hydrogens is 298 g/mol. The molecule has 0 bridgehead atoms. The van der Waals surface area contributed by atoms with Crippen LogP contribution in [0.15, 0.2) is 36.4 Å². The minimum absolute atomic E-state index is 0.0594. The van der Waals surface area contributed by atoms with Crippen molar-refractivity contribution in [2.75, 3.05) is 0 Å². The third-order valence-corrected chi connectivity index (χ3v) is 3.54. The predicted octanol–water partition coefficient (Wildman–Crippen LogP) is 4.29. The Labute approximate surface area is 132 Å². The molecule has 0 saturated carbocycles. The van der Waals surface area contributed by atoms with Gasteiger partial charge in [0.2, 0.25) is 0 Å². The second kappa shape index (κ2) is 5.55. The van der Waals surface area contributed by atoms with Crippen LogP contribution >= 0.6 is 11.6 Å². The zero-order valence-electron chi connectivity index (χ0n) is 11.8. The van der Waals surface area contributed by atoms with Crippen LogP contribution in [0.3, 0.4) is 0 Å². The minimum Gasteiger partial charge on any atom is -0.507 e. The second-order valence-corrected chi connectivity index (χ2v) is 5.42. The summed E-state index contributed by atoms with van der Waals surface area (Å²) in [5.74, 6) is 0.520. The van der Waals surface area contributed by atoms with Crippen LogP contribution in [0.2, 0.25) is 5.02 Å². The lowest BCUT2D eigenvalue weighted by atomic mass is 10.1. The third kappa shape index (κ3) is 2.67. The number of nitrogens with zero attached hydrogens (tertiary/aromatic N) is 2. The third-order valence-electron chi connectivity index (χ3n) is 3.30. The number of aryl methyl sites for hydroxylation is 1. The fourth-order valence-electron chi connectivity index (χ4n) is 2.20. The van der Waals surface area contributed by atoms with Crippen molar-refractivity contribution in [2.45, 2.75) is 6.92 Å². The molecule has 0 aliphatic rings. The molecule has 5 heteroatoms. The van der Waals surface area contributed by atoms with Crippen molar-refractivity contribution in [3.63, 3.8) is 0 Å². The molecule has 3 rings (SSSR count). The van der Waals surface area contributed by atoms with Crippen LogP contribution in [0.5, 0.6) is 5.75 Å². The summed E-state index contributed by atoms with van der Waals surface area (Å²) in [6.07, 6.45) is 1.56. The fraction of sp³-hybridized carbons (Fsp3) is 0.0588. The Hall–Kier alpha value is -2.77. The summed E-state index contributed by atoms with van der Waals surface area (Å²) in [7, 11) is 0. The largest absolute Gasteiger partial charge is 0.507 e. The fourth-order valence-corrected chi connectivity index (χ4v) is 2.38. The van der Waals surface area contributed by atoms with E-state index >= 15 is 0 Å². The normalized spacial score (nSPS) is 11.6. The maximum Gasteiger partial charge on any atom is 0.149 e. The summed E-state index contributed by atoms with van der Waals surface area (Å²) in [5, 5.41) is 19.7. The first-order valence-corrected chi connectivity index (χ1v) is 7.01. The summed E-state index contributed by atoms with van der Waals surface area (Å²) < 4.78 is 0. The Morgan fingerprint density at radius 2 is 2.14 bits per heavy atom. The molecule has 0 saturated heterocycles. The van der Waals surface area contributed by atoms with Crippen LogP contribution in [0.1, 0.15) is 17.0 Å². The molecule has 0 atom stereocenters. The number of allylic oxidation sites excluding steroid dienone is 1. The summed E-state index contributed by atoms with van der Waals surface area (Å²) in [4.78, 5) is 7.54. The number of halogens is 1. The Morgan fingerprint density at radius 3 is 2.91 bits per heavy atom. The first-order chi connectivity index (χ1) is 10.6. The molecule has 2 N–H and O–H groups in total. The number of aromatic nitrogens is 2. The number of aromatic hydroxyl groups is 1. The van der Waals surface area contributed by atoms with Gasteiger partial charge in [0.1, 0.15) is 17.6 Å². The zero-order chi connectivity index (χ0) is 15.7. The van der Waals surface area contributed by atoms with Crippen LogP contribution in [0.4, 0.5) is 0 Å². The Kier molecular flexibility index (Phi) is 3.58. The Morgan fingerprint density at radius 1 is 1.32 bits per heavy atom. The van der Waals surface area contributed by atoms with Gasteiger partial charge in [-0.05, 0) is 48.9 Å². The molecule has 1 heterocycles. The van der Waals surface area contributed by atoms with Gasteiger partial charge in [0, 0.05) is 10.6 Å². The average molecular weight is 310 g/mol. The van der Waals surface area contributed by atoms with E-state index < -0.39 is 0 Å². The molecular formula is C17H12ClN3O. The Bertz CT molecular complexity index is 935. The molecule has 0 radical (unpaired) electrons. The molecule has 2 aromatic carbocycles. The average Bonchev–Trinajstić information content (AvgIpc) is 2.90. The molecule has 0 fully saturated rings. The number of nitrogens with one attached hydrogen (secondary N) is 1. The van der Waals surface area contributed by atoms with Crippen LogP contribution in [0.25, 0.3) is 22.7 Å². The maximum absolute atomic E-state index is 9.86. The van der Waals surface area contributed by atoms with Crippen LogP contribution in [-0.4, -0.2) is 15.1 Å². The highest BCUT2D eigenvalue weighted by Gasteiger charge is 2.09. The van der Waals surface area contributed by atoms with Crippen molar-refractivity contribution in [3.05, 3.63) is 58.4 Å². The molecule has 1 aromatic heterocycles. The molecule has 0 aliphatic heterocycles. The maximum atomic E-state index is 9.86. The van der Waals surface area contributed by atoms with Crippen molar-refractivity contribution < 1.29 is 5.11 Å². The van der Waals surface area contributed by atoms with Crippen molar-refractivity contribution >= 4 is 34.3 Å².